The van der Waals surface area contributed by atoms with Crippen molar-refractivity contribution in [3.63, 3.8) is 0 Å². The molecule has 0 bridgehead atoms. The molecule has 0 atom stereocenters. The lowest BCUT2D eigenvalue weighted by molar-refractivity contribution is 0.0362. The third-order valence-electron chi connectivity index (χ3n) is 3.60. The number of pyridine rings is 1. The van der Waals surface area contributed by atoms with Crippen molar-refractivity contribution < 1.29 is 9.53 Å². The molecule has 0 unspecified atom stereocenters. The number of nitrogens with zero attached hydrogens (tertiary/aromatic N) is 2. The van der Waals surface area contributed by atoms with Crippen molar-refractivity contribution >= 4 is 11.6 Å². The van der Waals surface area contributed by atoms with Crippen LogP contribution in [0, 0.1) is 6.92 Å². The van der Waals surface area contributed by atoms with Crippen molar-refractivity contribution in [2.45, 2.75) is 25.8 Å². The minimum atomic E-state index is 0.0174. The summed E-state index contributed by atoms with van der Waals surface area (Å²) in [6, 6.07) is 2.15. The Morgan fingerprint density at radius 1 is 1.47 bits per heavy atom. The van der Waals surface area contributed by atoms with Gasteiger partial charge in [-0.05, 0) is 25.8 Å². The zero-order chi connectivity index (χ0) is 13.8. The fourth-order valence-corrected chi connectivity index (χ4v) is 2.37. The number of aromatic nitrogens is 1. The van der Waals surface area contributed by atoms with Gasteiger partial charge in [0.25, 0.3) is 5.91 Å². The average Bonchev–Trinajstić information content (AvgIpc) is 2.46. The molecule has 1 fully saturated rings. The predicted octanol–water partition coefficient (Wildman–Crippen LogP) is 1.68. The lowest BCUT2D eigenvalue weighted by Crippen LogP contribution is -2.40. The van der Waals surface area contributed by atoms with Crippen molar-refractivity contribution in [1.82, 2.24) is 9.88 Å². The second kappa shape index (κ2) is 6.02. The first kappa shape index (κ1) is 13.8. The van der Waals surface area contributed by atoms with Crippen LogP contribution in [-0.2, 0) is 4.74 Å². The molecule has 5 heteroatoms. The number of hydrogen-bond donors (Lipinski definition) is 1. The normalized spacial score (nSPS) is 16.2. The van der Waals surface area contributed by atoms with E-state index in [-0.39, 0.29) is 11.9 Å². The molecule has 1 aromatic heterocycles. The van der Waals surface area contributed by atoms with Gasteiger partial charge in [-0.1, -0.05) is 0 Å². The van der Waals surface area contributed by atoms with Crippen LogP contribution in [0.15, 0.2) is 12.3 Å². The fraction of sp³-hybridized carbons (Fsp3) is 0.571. The molecule has 1 amide bonds. The number of aryl methyl sites for hydroxylation is 1. The molecule has 2 heterocycles. The van der Waals surface area contributed by atoms with Gasteiger partial charge in [0.1, 0.15) is 0 Å². The molecule has 1 aliphatic rings. The smallest absolute Gasteiger partial charge is 0.257 e. The van der Waals surface area contributed by atoms with Gasteiger partial charge in [0.05, 0.1) is 11.3 Å². The maximum absolute atomic E-state index is 12.5. The van der Waals surface area contributed by atoms with Crippen molar-refractivity contribution in [1.29, 1.82) is 0 Å². The number of amides is 1. The second-order valence-corrected chi connectivity index (χ2v) is 4.88. The monoisotopic (exact) mass is 263 g/mol. The number of carbonyl (C=O) groups is 1. The van der Waals surface area contributed by atoms with Gasteiger partial charge < -0.3 is 15.0 Å². The molecule has 0 saturated carbocycles. The number of hydrogen-bond acceptors (Lipinski definition) is 4. The SMILES string of the molecule is CNc1cc(C)ncc1C(=O)N(C)C1CCOCC1. The van der Waals surface area contributed by atoms with E-state index in [1.54, 1.807) is 6.20 Å². The van der Waals surface area contributed by atoms with Gasteiger partial charge in [-0.2, -0.15) is 0 Å². The molecule has 0 spiro atoms. The van der Waals surface area contributed by atoms with Crippen LogP contribution >= 0.6 is 0 Å². The summed E-state index contributed by atoms with van der Waals surface area (Å²) in [4.78, 5) is 18.6. The van der Waals surface area contributed by atoms with Crippen molar-refractivity contribution in [3.05, 3.63) is 23.5 Å². The first-order valence-corrected chi connectivity index (χ1v) is 6.62. The van der Waals surface area contributed by atoms with E-state index in [0.29, 0.717) is 5.56 Å². The number of anilines is 1. The van der Waals surface area contributed by atoms with E-state index in [1.807, 2.05) is 32.0 Å². The number of ether oxygens (including phenoxy) is 1. The first-order valence-electron chi connectivity index (χ1n) is 6.62. The zero-order valence-corrected chi connectivity index (χ0v) is 11.8. The standard InChI is InChI=1S/C14H21N3O2/c1-10-8-13(15-2)12(9-16-10)14(18)17(3)11-4-6-19-7-5-11/h8-9,11H,4-7H2,1-3H3,(H,15,16). The van der Waals surface area contributed by atoms with E-state index in [4.69, 9.17) is 4.74 Å². The summed E-state index contributed by atoms with van der Waals surface area (Å²) in [5.74, 6) is 0.0174. The molecule has 0 radical (unpaired) electrons. The highest BCUT2D eigenvalue weighted by Crippen LogP contribution is 2.20. The second-order valence-electron chi connectivity index (χ2n) is 4.88. The van der Waals surface area contributed by atoms with Crippen LogP contribution in [0.25, 0.3) is 0 Å². The van der Waals surface area contributed by atoms with Crippen LogP contribution < -0.4 is 5.32 Å². The molecule has 19 heavy (non-hydrogen) atoms. The van der Waals surface area contributed by atoms with E-state index in [0.717, 1.165) is 37.4 Å². The molecule has 0 aromatic carbocycles. The summed E-state index contributed by atoms with van der Waals surface area (Å²) in [5.41, 5.74) is 2.35. The summed E-state index contributed by atoms with van der Waals surface area (Å²) in [6.07, 6.45) is 3.45. The summed E-state index contributed by atoms with van der Waals surface area (Å²) >= 11 is 0. The Morgan fingerprint density at radius 3 is 2.79 bits per heavy atom. The predicted molar refractivity (Wildman–Crippen MR) is 74.5 cm³/mol. The quantitative estimate of drug-likeness (QED) is 0.901. The van der Waals surface area contributed by atoms with E-state index in [2.05, 4.69) is 10.3 Å². The molecule has 5 nitrogen and oxygen atoms in total. The van der Waals surface area contributed by atoms with Gasteiger partial charge in [0.2, 0.25) is 0 Å². The third kappa shape index (κ3) is 3.04. The van der Waals surface area contributed by atoms with Gasteiger partial charge in [-0.25, -0.2) is 0 Å². The molecule has 1 aromatic rings. The van der Waals surface area contributed by atoms with E-state index >= 15 is 0 Å². The highest BCUT2D eigenvalue weighted by atomic mass is 16.5. The highest BCUT2D eigenvalue weighted by Gasteiger charge is 2.24. The third-order valence-corrected chi connectivity index (χ3v) is 3.60. The van der Waals surface area contributed by atoms with E-state index in [1.165, 1.54) is 0 Å². The number of rotatable bonds is 3. The Labute approximate surface area is 114 Å². The Balaban J connectivity index is 2.18. The van der Waals surface area contributed by atoms with Crippen molar-refractivity contribution in [3.8, 4) is 0 Å². The molecule has 1 aliphatic heterocycles. The topological polar surface area (TPSA) is 54.5 Å². The largest absolute Gasteiger partial charge is 0.387 e. The van der Waals surface area contributed by atoms with E-state index < -0.39 is 0 Å². The average molecular weight is 263 g/mol. The lowest BCUT2D eigenvalue weighted by Gasteiger charge is -2.31. The fourth-order valence-electron chi connectivity index (χ4n) is 2.37. The van der Waals surface area contributed by atoms with Gasteiger partial charge >= 0.3 is 0 Å². The van der Waals surface area contributed by atoms with Crippen molar-refractivity contribution in [2.24, 2.45) is 0 Å². The van der Waals surface area contributed by atoms with Crippen LogP contribution in [0.3, 0.4) is 0 Å². The maximum atomic E-state index is 12.5. The summed E-state index contributed by atoms with van der Waals surface area (Å²) < 4.78 is 5.33. The van der Waals surface area contributed by atoms with Gasteiger partial charge in [0, 0.05) is 45.2 Å². The minimum Gasteiger partial charge on any atom is -0.387 e. The Kier molecular flexibility index (Phi) is 4.37. The van der Waals surface area contributed by atoms with Gasteiger partial charge in [0.15, 0.2) is 0 Å². The molecule has 104 valence electrons. The highest BCUT2D eigenvalue weighted by molar-refractivity contribution is 5.99. The summed E-state index contributed by atoms with van der Waals surface area (Å²) in [6.45, 7) is 3.37. The minimum absolute atomic E-state index is 0.0174. The van der Waals surface area contributed by atoms with Gasteiger partial charge in [-0.3, -0.25) is 9.78 Å². The Morgan fingerprint density at radius 2 is 2.16 bits per heavy atom. The zero-order valence-electron chi connectivity index (χ0n) is 11.8. The van der Waals surface area contributed by atoms with Crippen LogP contribution in [0.4, 0.5) is 5.69 Å². The van der Waals surface area contributed by atoms with Crippen LogP contribution in [0.1, 0.15) is 28.9 Å². The molecule has 1 saturated heterocycles. The summed E-state index contributed by atoms with van der Waals surface area (Å²) in [7, 11) is 3.68. The number of nitrogens with one attached hydrogen (secondary N) is 1. The molecule has 1 N–H and O–H groups in total. The summed E-state index contributed by atoms with van der Waals surface area (Å²) in [5, 5.41) is 3.06. The van der Waals surface area contributed by atoms with Gasteiger partial charge in [-0.15, -0.1) is 0 Å². The molecule has 2 rings (SSSR count). The number of carbonyl (C=O) groups excluding carboxylic acids is 1. The Bertz CT molecular complexity index is 456. The lowest BCUT2D eigenvalue weighted by atomic mass is 10.1. The first-order chi connectivity index (χ1) is 9.13. The van der Waals surface area contributed by atoms with Crippen LogP contribution in [0.2, 0.25) is 0 Å². The molecular weight excluding hydrogens is 242 g/mol. The van der Waals surface area contributed by atoms with E-state index in [9.17, 15) is 4.79 Å². The van der Waals surface area contributed by atoms with Crippen LogP contribution in [-0.4, -0.2) is 49.1 Å². The molecular formula is C14H21N3O2. The Hall–Kier alpha value is -1.62. The van der Waals surface area contributed by atoms with Crippen LogP contribution in [0.5, 0.6) is 0 Å². The molecule has 0 aliphatic carbocycles. The maximum Gasteiger partial charge on any atom is 0.257 e. The van der Waals surface area contributed by atoms with Crippen molar-refractivity contribution in [2.75, 3.05) is 32.6 Å².